The lowest BCUT2D eigenvalue weighted by atomic mass is 10.1. The summed E-state index contributed by atoms with van der Waals surface area (Å²) in [5.74, 6) is -0.548. The van der Waals surface area contributed by atoms with E-state index in [4.69, 9.17) is 0 Å². The van der Waals surface area contributed by atoms with Gasteiger partial charge in [0.25, 0.3) is 5.91 Å². The Hall–Kier alpha value is -2.34. The predicted molar refractivity (Wildman–Crippen MR) is 93.8 cm³/mol. The summed E-state index contributed by atoms with van der Waals surface area (Å²) in [5, 5.41) is 0. The van der Waals surface area contributed by atoms with Crippen molar-refractivity contribution in [3.05, 3.63) is 70.8 Å². The van der Waals surface area contributed by atoms with E-state index in [9.17, 15) is 18.0 Å². The van der Waals surface area contributed by atoms with Crippen LogP contribution in [-0.2, 0) is 12.7 Å². The number of alkyl halides is 3. The van der Waals surface area contributed by atoms with Crippen LogP contribution in [0.25, 0.3) is 0 Å². The average Bonchev–Trinajstić information content (AvgIpc) is 2.61. The highest BCUT2D eigenvalue weighted by Gasteiger charge is 2.36. The highest BCUT2D eigenvalue weighted by Crippen LogP contribution is 2.32. The van der Waals surface area contributed by atoms with Crippen molar-refractivity contribution in [2.75, 3.05) is 26.2 Å². The molecule has 138 valence electrons. The van der Waals surface area contributed by atoms with Crippen LogP contribution < -0.4 is 0 Å². The van der Waals surface area contributed by atoms with Crippen molar-refractivity contribution < 1.29 is 18.0 Å². The van der Waals surface area contributed by atoms with Gasteiger partial charge in [0.15, 0.2) is 0 Å². The second kappa shape index (κ2) is 7.50. The number of carbonyl (C=O) groups is 1. The minimum absolute atomic E-state index is 0.271. The van der Waals surface area contributed by atoms with Crippen LogP contribution in [-0.4, -0.2) is 41.9 Å². The molecule has 1 amide bonds. The molecule has 0 saturated carbocycles. The number of hydrogen-bond acceptors (Lipinski definition) is 2. The SMILES string of the molecule is Cc1cccc(CN2CCN(C(=O)c3ccccc3C(F)(F)F)CC2)c1. The summed E-state index contributed by atoms with van der Waals surface area (Å²) >= 11 is 0. The van der Waals surface area contributed by atoms with Crippen LogP contribution in [0.4, 0.5) is 13.2 Å². The van der Waals surface area contributed by atoms with E-state index < -0.39 is 17.6 Å². The summed E-state index contributed by atoms with van der Waals surface area (Å²) in [6.07, 6.45) is -4.53. The van der Waals surface area contributed by atoms with Crippen LogP contribution in [0, 0.1) is 6.92 Å². The number of hydrogen-bond donors (Lipinski definition) is 0. The zero-order valence-electron chi connectivity index (χ0n) is 14.6. The Bertz CT molecular complexity index is 781. The normalized spacial score (nSPS) is 15.9. The molecule has 2 aromatic carbocycles. The van der Waals surface area contributed by atoms with E-state index in [1.54, 1.807) is 0 Å². The Morgan fingerprint density at radius 3 is 2.35 bits per heavy atom. The Labute approximate surface area is 151 Å². The molecule has 0 spiro atoms. The fourth-order valence-corrected chi connectivity index (χ4v) is 3.26. The van der Waals surface area contributed by atoms with Gasteiger partial charge >= 0.3 is 6.18 Å². The van der Waals surface area contributed by atoms with Gasteiger partial charge < -0.3 is 4.90 Å². The first-order valence-electron chi connectivity index (χ1n) is 8.58. The molecule has 1 fully saturated rings. The van der Waals surface area contributed by atoms with Gasteiger partial charge in [-0.15, -0.1) is 0 Å². The molecular formula is C20H21F3N2O. The minimum atomic E-state index is -4.53. The van der Waals surface area contributed by atoms with Gasteiger partial charge in [-0.3, -0.25) is 9.69 Å². The number of benzene rings is 2. The number of halogens is 3. The lowest BCUT2D eigenvalue weighted by Crippen LogP contribution is -2.48. The summed E-state index contributed by atoms with van der Waals surface area (Å²) in [4.78, 5) is 16.3. The Morgan fingerprint density at radius 2 is 1.69 bits per heavy atom. The number of aryl methyl sites for hydroxylation is 1. The number of carbonyl (C=O) groups excluding carboxylic acids is 1. The molecule has 0 radical (unpaired) electrons. The second-order valence-electron chi connectivity index (χ2n) is 6.60. The average molecular weight is 362 g/mol. The van der Waals surface area contributed by atoms with Crippen LogP contribution >= 0.6 is 0 Å². The van der Waals surface area contributed by atoms with E-state index in [1.807, 2.05) is 19.1 Å². The Balaban J connectivity index is 1.64. The third-order valence-corrected chi connectivity index (χ3v) is 4.61. The predicted octanol–water partition coefficient (Wildman–Crippen LogP) is 3.97. The van der Waals surface area contributed by atoms with Crippen LogP contribution in [0.5, 0.6) is 0 Å². The molecule has 0 aliphatic carbocycles. The van der Waals surface area contributed by atoms with Crippen molar-refractivity contribution in [3.8, 4) is 0 Å². The highest BCUT2D eigenvalue weighted by molar-refractivity contribution is 5.96. The van der Waals surface area contributed by atoms with Crippen LogP contribution in [0.2, 0.25) is 0 Å². The van der Waals surface area contributed by atoms with Gasteiger partial charge in [0.1, 0.15) is 0 Å². The molecule has 0 aromatic heterocycles. The summed E-state index contributed by atoms with van der Waals surface area (Å²) in [6, 6.07) is 13.2. The molecule has 0 bridgehead atoms. The van der Waals surface area contributed by atoms with Gasteiger partial charge in [-0.2, -0.15) is 13.2 Å². The van der Waals surface area contributed by atoms with Gasteiger partial charge in [0.2, 0.25) is 0 Å². The Morgan fingerprint density at radius 1 is 1.00 bits per heavy atom. The number of rotatable bonds is 3. The maximum absolute atomic E-state index is 13.1. The standard InChI is InChI=1S/C20H21F3N2O/c1-15-5-4-6-16(13-15)14-24-9-11-25(12-10-24)19(26)17-7-2-3-8-18(17)20(21,22)23/h2-8,13H,9-12,14H2,1H3. The van der Waals surface area contributed by atoms with Gasteiger partial charge in [-0.1, -0.05) is 42.0 Å². The van der Waals surface area contributed by atoms with E-state index in [2.05, 4.69) is 17.0 Å². The molecular weight excluding hydrogens is 341 g/mol. The summed E-state index contributed by atoms with van der Waals surface area (Å²) in [6.45, 7) is 4.97. The molecule has 1 aliphatic heterocycles. The van der Waals surface area contributed by atoms with E-state index >= 15 is 0 Å². The number of nitrogens with zero attached hydrogens (tertiary/aromatic N) is 2. The molecule has 1 aliphatic rings. The summed E-state index contributed by atoms with van der Waals surface area (Å²) in [5.41, 5.74) is 1.26. The number of piperazine rings is 1. The fourth-order valence-electron chi connectivity index (χ4n) is 3.26. The molecule has 6 heteroatoms. The first-order valence-corrected chi connectivity index (χ1v) is 8.58. The van der Waals surface area contributed by atoms with Gasteiger partial charge in [0, 0.05) is 32.7 Å². The lowest BCUT2D eigenvalue weighted by Gasteiger charge is -2.35. The minimum Gasteiger partial charge on any atom is -0.336 e. The van der Waals surface area contributed by atoms with Crippen molar-refractivity contribution in [1.82, 2.24) is 9.80 Å². The van der Waals surface area contributed by atoms with E-state index in [-0.39, 0.29) is 5.56 Å². The molecule has 1 saturated heterocycles. The smallest absolute Gasteiger partial charge is 0.336 e. The summed E-state index contributed by atoms with van der Waals surface area (Å²) < 4.78 is 39.4. The Kier molecular flexibility index (Phi) is 5.32. The molecule has 3 rings (SSSR count). The lowest BCUT2D eigenvalue weighted by molar-refractivity contribution is -0.138. The van der Waals surface area contributed by atoms with Gasteiger partial charge in [0.05, 0.1) is 11.1 Å². The molecule has 1 heterocycles. The summed E-state index contributed by atoms with van der Waals surface area (Å²) in [7, 11) is 0. The molecule has 0 unspecified atom stereocenters. The highest BCUT2D eigenvalue weighted by atomic mass is 19.4. The maximum atomic E-state index is 13.1. The monoisotopic (exact) mass is 362 g/mol. The molecule has 3 nitrogen and oxygen atoms in total. The van der Waals surface area contributed by atoms with Crippen LogP contribution in [0.3, 0.4) is 0 Å². The first kappa shape index (κ1) is 18.5. The van der Waals surface area contributed by atoms with Crippen molar-refractivity contribution in [2.45, 2.75) is 19.6 Å². The van der Waals surface area contributed by atoms with Crippen LogP contribution in [0.15, 0.2) is 48.5 Å². The topological polar surface area (TPSA) is 23.6 Å². The number of amides is 1. The zero-order valence-corrected chi connectivity index (χ0v) is 14.6. The van der Waals surface area contributed by atoms with Crippen LogP contribution in [0.1, 0.15) is 27.0 Å². The van der Waals surface area contributed by atoms with E-state index in [0.717, 1.165) is 12.6 Å². The fraction of sp³-hybridized carbons (Fsp3) is 0.350. The molecule has 0 atom stereocenters. The zero-order chi connectivity index (χ0) is 18.7. The van der Waals surface area contributed by atoms with Crippen molar-refractivity contribution in [1.29, 1.82) is 0 Å². The van der Waals surface area contributed by atoms with Gasteiger partial charge in [-0.05, 0) is 24.6 Å². The largest absolute Gasteiger partial charge is 0.417 e. The molecule has 26 heavy (non-hydrogen) atoms. The van der Waals surface area contributed by atoms with E-state index in [0.29, 0.717) is 26.2 Å². The van der Waals surface area contributed by atoms with Crippen molar-refractivity contribution in [3.63, 3.8) is 0 Å². The van der Waals surface area contributed by atoms with E-state index in [1.165, 1.54) is 34.2 Å². The van der Waals surface area contributed by atoms with Gasteiger partial charge in [-0.25, -0.2) is 0 Å². The third-order valence-electron chi connectivity index (χ3n) is 4.61. The molecule has 2 aromatic rings. The molecule has 0 N–H and O–H groups in total. The first-order chi connectivity index (χ1) is 12.3. The third kappa shape index (κ3) is 4.25. The van der Waals surface area contributed by atoms with Crippen molar-refractivity contribution >= 4 is 5.91 Å². The quantitative estimate of drug-likeness (QED) is 0.825. The van der Waals surface area contributed by atoms with Crippen molar-refractivity contribution in [2.24, 2.45) is 0 Å². The maximum Gasteiger partial charge on any atom is 0.417 e. The second-order valence-corrected chi connectivity index (χ2v) is 6.60.